The van der Waals surface area contributed by atoms with Gasteiger partial charge < -0.3 is 15.4 Å². The number of hydrazine groups is 1. The number of rotatable bonds is 4. The van der Waals surface area contributed by atoms with E-state index in [0.29, 0.717) is 11.3 Å². The molecule has 0 saturated heterocycles. The summed E-state index contributed by atoms with van der Waals surface area (Å²) in [5.74, 6) is 5.06. The molecule has 0 aliphatic heterocycles. The first kappa shape index (κ1) is 12.4. The number of carbonyl (C=O) groups excluding carboxylic acids is 1. The number of pyridine rings is 1. The SMILES string of the molecule is CC(O)CN(C)C(=O)c1cnccc1NN. The molecule has 0 fully saturated rings. The first-order valence-electron chi connectivity index (χ1n) is 4.90. The number of nitrogens with one attached hydrogen (secondary N) is 1. The Kier molecular flexibility index (Phi) is 4.21. The van der Waals surface area contributed by atoms with Gasteiger partial charge in [0, 0.05) is 26.0 Å². The molecular weight excluding hydrogens is 208 g/mol. The van der Waals surface area contributed by atoms with Gasteiger partial charge in [-0.05, 0) is 13.0 Å². The Labute approximate surface area is 94.1 Å². The lowest BCUT2D eigenvalue weighted by Crippen LogP contribution is -2.33. The number of hydrogen-bond donors (Lipinski definition) is 3. The third kappa shape index (κ3) is 2.91. The first-order valence-corrected chi connectivity index (χ1v) is 4.90. The van der Waals surface area contributed by atoms with E-state index < -0.39 is 6.10 Å². The van der Waals surface area contributed by atoms with Crippen LogP contribution in [0.5, 0.6) is 0 Å². The molecule has 16 heavy (non-hydrogen) atoms. The van der Waals surface area contributed by atoms with Gasteiger partial charge >= 0.3 is 0 Å². The number of carbonyl (C=O) groups is 1. The van der Waals surface area contributed by atoms with E-state index in [1.807, 2.05) is 0 Å². The van der Waals surface area contributed by atoms with Crippen LogP contribution in [0, 0.1) is 0 Å². The van der Waals surface area contributed by atoms with Crippen molar-refractivity contribution in [1.29, 1.82) is 0 Å². The number of aromatic nitrogens is 1. The van der Waals surface area contributed by atoms with Crippen molar-refractivity contribution in [1.82, 2.24) is 9.88 Å². The van der Waals surface area contributed by atoms with Gasteiger partial charge in [0.2, 0.25) is 0 Å². The summed E-state index contributed by atoms with van der Waals surface area (Å²) in [4.78, 5) is 17.2. The minimum Gasteiger partial charge on any atom is -0.392 e. The van der Waals surface area contributed by atoms with Gasteiger partial charge in [0.25, 0.3) is 5.91 Å². The third-order valence-corrected chi connectivity index (χ3v) is 2.09. The summed E-state index contributed by atoms with van der Waals surface area (Å²) in [6.45, 7) is 1.88. The van der Waals surface area contributed by atoms with Crippen LogP contribution < -0.4 is 11.3 Å². The number of likely N-dealkylation sites (N-methyl/N-ethyl adjacent to an activating group) is 1. The summed E-state index contributed by atoms with van der Waals surface area (Å²) in [6, 6.07) is 1.61. The molecule has 1 aromatic rings. The van der Waals surface area contributed by atoms with Crippen LogP contribution in [0.4, 0.5) is 5.69 Å². The lowest BCUT2D eigenvalue weighted by atomic mass is 10.2. The minimum absolute atomic E-state index is 0.234. The van der Waals surface area contributed by atoms with Crippen LogP contribution in [0.3, 0.4) is 0 Å². The minimum atomic E-state index is -0.570. The number of nitrogens with two attached hydrogens (primary N) is 1. The molecule has 0 spiro atoms. The molecule has 0 bridgehead atoms. The summed E-state index contributed by atoms with van der Waals surface area (Å²) in [5.41, 5.74) is 3.33. The number of hydrogen-bond acceptors (Lipinski definition) is 5. The van der Waals surface area contributed by atoms with E-state index >= 15 is 0 Å². The molecule has 6 nitrogen and oxygen atoms in total. The van der Waals surface area contributed by atoms with Crippen LogP contribution in [0.1, 0.15) is 17.3 Å². The highest BCUT2D eigenvalue weighted by atomic mass is 16.3. The van der Waals surface area contributed by atoms with E-state index in [-0.39, 0.29) is 12.5 Å². The van der Waals surface area contributed by atoms with Crippen molar-refractivity contribution in [3.63, 3.8) is 0 Å². The zero-order chi connectivity index (χ0) is 12.1. The lowest BCUT2D eigenvalue weighted by molar-refractivity contribution is 0.0704. The number of nitrogens with zero attached hydrogens (tertiary/aromatic N) is 2. The van der Waals surface area contributed by atoms with Gasteiger partial charge in [-0.2, -0.15) is 0 Å². The van der Waals surface area contributed by atoms with Crippen molar-refractivity contribution in [2.45, 2.75) is 13.0 Å². The quantitative estimate of drug-likeness (QED) is 0.487. The molecule has 0 aromatic carbocycles. The van der Waals surface area contributed by atoms with Gasteiger partial charge in [-0.3, -0.25) is 15.6 Å². The standard InChI is InChI=1S/C10H16N4O2/c1-7(15)6-14(2)10(16)8-5-12-4-3-9(8)13-11/h3-5,7,15H,6,11H2,1-2H3,(H,12,13). The summed E-state index contributed by atoms with van der Waals surface area (Å²) in [5, 5.41) is 9.20. The second-order valence-electron chi connectivity index (χ2n) is 3.60. The van der Waals surface area contributed by atoms with Crippen molar-refractivity contribution in [2.75, 3.05) is 19.0 Å². The van der Waals surface area contributed by atoms with Gasteiger partial charge in [-0.15, -0.1) is 0 Å². The van der Waals surface area contributed by atoms with Crippen molar-refractivity contribution in [3.05, 3.63) is 24.0 Å². The largest absolute Gasteiger partial charge is 0.392 e. The molecule has 1 aromatic heterocycles. The highest BCUT2D eigenvalue weighted by molar-refractivity contribution is 5.99. The average molecular weight is 224 g/mol. The molecule has 0 aliphatic rings. The summed E-state index contributed by atoms with van der Waals surface area (Å²) in [7, 11) is 1.61. The molecule has 0 saturated carbocycles. The monoisotopic (exact) mass is 224 g/mol. The fourth-order valence-corrected chi connectivity index (χ4v) is 1.38. The fourth-order valence-electron chi connectivity index (χ4n) is 1.38. The smallest absolute Gasteiger partial charge is 0.257 e. The molecule has 88 valence electrons. The predicted molar refractivity (Wildman–Crippen MR) is 60.7 cm³/mol. The molecule has 0 aliphatic carbocycles. The predicted octanol–water partition coefficient (Wildman–Crippen LogP) is -0.180. The first-order chi connectivity index (χ1) is 7.56. The van der Waals surface area contributed by atoms with Crippen LogP contribution >= 0.6 is 0 Å². The third-order valence-electron chi connectivity index (χ3n) is 2.09. The molecule has 1 unspecified atom stereocenters. The van der Waals surface area contributed by atoms with Gasteiger partial charge in [0.05, 0.1) is 17.4 Å². The summed E-state index contributed by atoms with van der Waals surface area (Å²) < 4.78 is 0. The number of amides is 1. The molecule has 4 N–H and O–H groups in total. The number of anilines is 1. The second kappa shape index (κ2) is 5.43. The Morgan fingerprint density at radius 1 is 1.75 bits per heavy atom. The normalized spacial score (nSPS) is 12.0. The maximum absolute atomic E-state index is 11.9. The molecular formula is C10H16N4O2. The maximum Gasteiger partial charge on any atom is 0.257 e. The Morgan fingerprint density at radius 2 is 2.44 bits per heavy atom. The second-order valence-corrected chi connectivity index (χ2v) is 3.60. The molecule has 1 rings (SSSR count). The van der Waals surface area contributed by atoms with Crippen LogP contribution in [0.25, 0.3) is 0 Å². The van der Waals surface area contributed by atoms with Gasteiger partial charge in [-0.25, -0.2) is 0 Å². The fraction of sp³-hybridized carbons (Fsp3) is 0.400. The van der Waals surface area contributed by atoms with Gasteiger partial charge in [0.15, 0.2) is 0 Å². The molecule has 1 atom stereocenters. The Morgan fingerprint density at radius 3 is 3.00 bits per heavy atom. The Bertz CT molecular complexity index is 368. The molecule has 1 amide bonds. The topological polar surface area (TPSA) is 91.5 Å². The Balaban J connectivity index is 2.87. The maximum atomic E-state index is 11.9. The van der Waals surface area contributed by atoms with E-state index in [4.69, 9.17) is 5.84 Å². The van der Waals surface area contributed by atoms with Crippen LogP contribution in [0.2, 0.25) is 0 Å². The molecule has 6 heteroatoms. The zero-order valence-electron chi connectivity index (χ0n) is 9.34. The number of aliphatic hydroxyl groups is 1. The van der Waals surface area contributed by atoms with E-state index in [1.165, 1.54) is 11.1 Å². The van der Waals surface area contributed by atoms with Crippen LogP contribution in [0.15, 0.2) is 18.5 Å². The van der Waals surface area contributed by atoms with E-state index in [9.17, 15) is 9.90 Å². The van der Waals surface area contributed by atoms with Crippen molar-refractivity contribution >= 4 is 11.6 Å². The van der Waals surface area contributed by atoms with Crippen LogP contribution in [-0.2, 0) is 0 Å². The van der Waals surface area contributed by atoms with Gasteiger partial charge in [-0.1, -0.05) is 0 Å². The molecule has 1 heterocycles. The van der Waals surface area contributed by atoms with Crippen molar-refractivity contribution in [2.24, 2.45) is 5.84 Å². The van der Waals surface area contributed by atoms with E-state index in [0.717, 1.165) is 0 Å². The highest BCUT2D eigenvalue weighted by Crippen LogP contribution is 2.13. The van der Waals surface area contributed by atoms with Crippen molar-refractivity contribution < 1.29 is 9.90 Å². The van der Waals surface area contributed by atoms with Crippen LogP contribution in [-0.4, -0.2) is 40.6 Å². The van der Waals surface area contributed by atoms with E-state index in [1.54, 1.807) is 26.2 Å². The zero-order valence-corrected chi connectivity index (χ0v) is 9.34. The molecule has 0 radical (unpaired) electrons. The Hall–Kier alpha value is -1.66. The summed E-state index contributed by atoms with van der Waals surface area (Å²) >= 11 is 0. The van der Waals surface area contributed by atoms with E-state index in [2.05, 4.69) is 10.4 Å². The lowest BCUT2D eigenvalue weighted by Gasteiger charge is -2.19. The van der Waals surface area contributed by atoms with Crippen molar-refractivity contribution in [3.8, 4) is 0 Å². The summed E-state index contributed by atoms with van der Waals surface area (Å²) in [6.07, 6.45) is 2.41. The van der Waals surface area contributed by atoms with Gasteiger partial charge in [0.1, 0.15) is 0 Å². The average Bonchev–Trinajstić information content (AvgIpc) is 2.27. The highest BCUT2D eigenvalue weighted by Gasteiger charge is 2.16. The number of aliphatic hydroxyl groups excluding tert-OH is 1. The number of nitrogen functional groups attached to an aromatic ring is 1.